The fourth-order valence-electron chi connectivity index (χ4n) is 5.07. The molecule has 1 fully saturated rings. The zero-order chi connectivity index (χ0) is 27.0. The second kappa shape index (κ2) is 12.6. The monoisotopic (exact) mass is 508 g/mol. The molecular formula is C29H36N2O6. The molecule has 1 N–H and O–H groups in total. The van der Waals surface area contributed by atoms with Gasteiger partial charge in [0.1, 0.15) is 6.61 Å². The molecule has 2 aromatic carbocycles. The van der Waals surface area contributed by atoms with Gasteiger partial charge in [-0.3, -0.25) is 19.3 Å². The lowest BCUT2D eigenvalue weighted by molar-refractivity contribution is -0.224. The third-order valence-corrected chi connectivity index (χ3v) is 7.16. The van der Waals surface area contributed by atoms with Gasteiger partial charge in [-0.25, -0.2) is 4.79 Å². The summed E-state index contributed by atoms with van der Waals surface area (Å²) in [5, 5.41) is 9.07. The molecule has 3 rings (SSSR count). The normalized spacial score (nSPS) is 16.4. The number of rotatable bonds is 13. The van der Waals surface area contributed by atoms with Crippen LogP contribution in [0.2, 0.25) is 0 Å². The fourth-order valence-corrected chi connectivity index (χ4v) is 5.07. The van der Waals surface area contributed by atoms with E-state index in [1.54, 1.807) is 4.90 Å². The van der Waals surface area contributed by atoms with Crippen LogP contribution in [-0.2, 0) is 23.9 Å². The van der Waals surface area contributed by atoms with E-state index in [1.165, 1.54) is 0 Å². The van der Waals surface area contributed by atoms with Crippen molar-refractivity contribution >= 4 is 23.7 Å². The number of amides is 3. The van der Waals surface area contributed by atoms with Gasteiger partial charge in [0.25, 0.3) is 0 Å². The SMILES string of the molecule is CCCN(CCC(=O)N1C(=O)C(CC)(CC)C1OCC(=O)O)C(=O)C(c1ccccc1)c1ccccc1. The minimum atomic E-state index is -1.17. The Morgan fingerprint density at radius 3 is 1.95 bits per heavy atom. The average Bonchev–Trinajstić information content (AvgIpc) is 2.90. The van der Waals surface area contributed by atoms with E-state index in [2.05, 4.69) is 0 Å². The van der Waals surface area contributed by atoms with E-state index in [9.17, 15) is 19.2 Å². The highest BCUT2D eigenvalue weighted by atomic mass is 16.5. The summed E-state index contributed by atoms with van der Waals surface area (Å²) >= 11 is 0. The first kappa shape index (κ1) is 28.1. The summed E-state index contributed by atoms with van der Waals surface area (Å²) < 4.78 is 5.50. The summed E-state index contributed by atoms with van der Waals surface area (Å²) in [4.78, 5) is 53.9. The Balaban J connectivity index is 1.79. The number of hydrogen-bond donors (Lipinski definition) is 1. The zero-order valence-corrected chi connectivity index (χ0v) is 21.8. The van der Waals surface area contributed by atoms with Crippen molar-refractivity contribution in [1.29, 1.82) is 0 Å². The van der Waals surface area contributed by atoms with Crippen molar-refractivity contribution in [3.05, 3.63) is 71.8 Å². The van der Waals surface area contributed by atoms with Crippen molar-refractivity contribution in [3.63, 3.8) is 0 Å². The van der Waals surface area contributed by atoms with Crippen molar-refractivity contribution in [1.82, 2.24) is 9.80 Å². The Bertz CT molecular complexity index is 1040. The van der Waals surface area contributed by atoms with Gasteiger partial charge in [0.15, 0.2) is 6.23 Å². The number of imide groups is 1. The zero-order valence-electron chi connectivity index (χ0n) is 21.8. The van der Waals surface area contributed by atoms with Crippen molar-refractivity contribution in [3.8, 4) is 0 Å². The van der Waals surface area contributed by atoms with Crippen LogP contribution in [0.5, 0.6) is 0 Å². The molecule has 8 nitrogen and oxygen atoms in total. The van der Waals surface area contributed by atoms with Crippen LogP contribution in [-0.4, -0.2) is 64.5 Å². The number of carboxylic acids is 1. The Morgan fingerprint density at radius 1 is 0.946 bits per heavy atom. The van der Waals surface area contributed by atoms with Gasteiger partial charge in [-0.05, 0) is 30.4 Å². The molecule has 37 heavy (non-hydrogen) atoms. The molecule has 0 saturated carbocycles. The van der Waals surface area contributed by atoms with Crippen molar-refractivity contribution < 1.29 is 29.0 Å². The first-order valence-electron chi connectivity index (χ1n) is 12.9. The first-order valence-corrected chi connectivity index (χ1v) is 12.9. The van der Waals surface area contributed by atoms with Gasteiger partial charge in [-0.1, -0.05) is 81.4 Å². The number of aliphatic carboxylic acids is 1. The van der Waals surface area contributed by atoms with Crippen LogP contribution in [0.25, 0.3) is 0 Å². The molecule has 0 radical (unpaired) electrons. The average molecular weight is 509 g/mol. The Labute approximate surface area is 218 Å². The second-order valence-electron chi connectivity index (χ2n) is 9.32. The number of β-lactam (4-membered cyclic amide) rings is 1. The van der Waals surface area contributed by atoms with E-state index in [0.29, 0.717) is 25.8 Å². The third-order valence-electron chi connectivity index (χ3n) is 7.16. The summed E-state index contributed by atoms with van der Waals surface area (Å²) in [5.41, 5.74) is 0.819. The molecular weight excluding hydrogens is 472 g/mol. The third kappa shape index (κ3) is 5.91. The van der Waals surface area contributed by atoms with Crippen LogP contribution in [0.4, 0.5) is 0 Å². The van der Waals surface area contributed by atoms with Gasteiger partial charge in [0.2, 0.25) is 17.7 Å². The van der Waals surface area contributed by atoms with Crippen LogP contribution >= 0.6 is 0 Å². The number of ether oxygens (including phenoxy) is 1. The van der Waals surface area contributed by atoms with Gasteiger partial charge < -0.3 is 14.7 Å². The van der Waals surface area contributed by atoms with Gasteiger partial charge in [0, 0.05) is 19.5 Å². The largest absolute Gasteiger partial charge is 0.480 e. The van der Waals surface area contributed by atoms with Crippen molar-refractivity contribution in [2.45, 2.75) is 58.6 Å². The minimum Gasteiger partial charge on any atom is -0.480 e. The second-order valence-corrected chi connectivity index (χ2v) is 9.32. The molecule has 1 aliphatic rings. The van der Waals surface area contributed by atoms with Crippen molar-refractivity contribution in [2.24, 2.45) is 5.41 Å². The molecule has 1 aliphatic heterocycles. The number of carboxylic acid groups (broad SMARTS) is 1. The lowest BCUT2D eigenvalue weighted by atomic mass is 9.71. The van der Waals surface area contributed by atoms with Gasteiger partial charge >= 0.3 is 5.97 Å². The van der Waals surface area contributed by atoms with Gasteiger partial charge in [-0.2, -0.15) is 0 Å². The molecule has 1 atom stereocenters. The Hall–Kier alpha value is -3.52. The van der Waals surface area contributed by atoms with Crippen LogP contribution in [0, 0.1) is 5.41 Å². The molecule has 3 amide bonds. The number of benzene rings is 2. The summed E-state index contributed by atoms with van der Waals surface area (Å²) in [6, 6.07) is 19.1. The maximum Gasteiger partial charge on any atom is 0.329 e. The molecule has 0 spiro atoms. The van der Waals surface area contributed by atoms with E-state index in [0.717, 1.165) is 16.0 Å². The summed E-state index contributed by atoms with van der Waals surface area (Å²) in [6.45, 7) is 5.63. The lowest BCUT2D eigenvalue weighted by Crippen LogP contribution is -2.71. The molecule has 0 aliphatic carbocycles. The molecule has 1 saturated heterocycles. The van der Waals surface area contributed by atoms with E-state index in [1.807, 2.05) is 81.4 Å². The predicted octanol–water partition coefficient (Wildman–Crippen LogP) is 4.05. The van der Waals surface area contributed by atoms with Crippen LogP contribution in [0.15, 0.2) is 60.7 Å². The predicted molar refractivity (Wildman–Crippen MR) is 138 cm³/mol. The summed E-state index contributed by atoms with van der Waals surface area (Å²) in [7, 11) is 0. The number of nitrogens with zero attached hydrogens (tertiary/aromatic N) is 2. The standard InChI is InChI=1S/C29H36N2O6/c1-4-18-30(26(35)25(21-13-9-7-10-14-21)22-15-11-8-12-16-22)19-17-23(32)31-27(36)29(5-2,6-3)28(31)37-20-24(33)34/h7-16,25,28H,4-6,17-20H2,1-3H3,(H,33,34). The van der Waals surface area contributed by atoms with Gasteiger partial charge in [-0.15, -0.1) is 0 Å². The smallest absolute Gasteiger partial charge is 0.329 e. The molecule has 0 aromatic heterocycles. The maximum atomic E-state index is 13.8. The highest BCUT2D eigenvalue weighted by Gasteiger charge is 2.61. The Morgan fingerprint density at radius 2 is 1.49 bits per heavy atom. The fraction of sp³-hybridized carbons (Fsp3) is 0.448. The number of carbonyl (C=O) groups excluding carboxylic acids is 3. The summed E-state index contributed by atoms with van der Waals surface area (Å²) in [6.07, 6.45) is 0.594. The molecule has 0 bridgehead atoms. The Kier molecular flexibility index (Phi) is 9.58. The van der Waals surface area contributed by atoms with E-state index < -0.39 is 36.0 Å². The van der Waals surface area contributed by atoms with E-state index in [4.69, 9.17) is 9.84 Å². The quantitative estimate of drug-likeness (QED) is 0.410. The molecule has 8 heteroatoms. The highest BCUT2D eigenvalue weighted by molar-refractivity contribution is 6.04. The number of hydrogen-bond acceptors (Lipinski definition) is 5. The highest BCUT2D eigenvalue weighted by Crippen LogP contribution is 2.46. The van der Waals surface area contributed by atoms with E-state index in [-0.39, 0.29) is 24.8 Å². The molecule has 1 heterocycles. The lowest BCUT2D eigenvalue weighted by Gasteiger charge is -2.53. The van der Waals surface area contributed by atoms with Crippen LogP contribution < -0.4 is 0 Å². The maximum absolute atomic E-state index is 13.8. The van der Waals surface area contributed by atoms with E-state index >= 15 is 0 Å². The molecule has 1 unspecified atom stereocenters. The minimum absolute atomic E-state index is 0.0653. The van der Waals surface area contributed by atoms with Crippen LogP contribution in [0.3, 0.4) is 0 Å². The number of carbonyl (C=O) groups is 4. The van der Waals surface area contributed by atoms with Crippen molar-refractivity contribution in [2.75, 3.05) is 19.7 Å². The van der Waals surface area contributed by atoms with Gasteiger partial charge in [0.05, 0.1) is 11.3 Å². The first-order chi connectivity index (χ1) is 17.8. The molecule has 2 aromatic rings. The number of likely N-dealkylation sites (tertiary alicyclic amines) is 1. The topological polar surface area (TPSA) is 104 Å². The summed E-state index contributed by atoms with van der Waals surface area (Å²) in [5.74, 6) is -2.62. The van der Waals surface area contributed by atoms with Crippen LogP contribution in [0.1, 0.15) is 63.5 Å². The molecule has 198 valence electrons.